The van der Waals surface area contributed by atoms with Gasteiger partial charge in [0.25, 0.3) is 0 Å². The molecule has 4 nitrogen and oxygen atoms in total. The van der Waals surface area contributed by atoms with Gasteiger partial charge in [-0.3, -0.25) is 4.79 Å². The molecule has 1 saturated heterocycles. The molecule has 1 amide bonds. The van der Waals surface area contributed by atoms with Crippen molar-refractivity contribution >= 4 is 23.2 Å². The number of halogens is 1. The van der Waals surface area contributed by atoms with Crippen molar-refractivity contribution in [1.29, 1.82) is 0 Å². The Kier molecular flexibility index (Phi) is 5.64. The number of hydrogen-bond acceptors (Lipinski definition) is 3. The van der Waals surface area contributed by atoms with Crippen LogP contribution >= 0.6 is 11.6 Å². The van der Waals surface area contributed by atoms with Gasteiger partial charge in [-0.05, 0) is 52.0 Å². The lowest BCUT2D eigenvalue weighted by Gasteiger charge is -2.25. The van der Waals surface area contributed by atoms with Crippen LogP contribution in [0.5, 0.6) is 0 Å². The highest BCUT2D eigenvalue weighted by atomic mass is 35.5. The highest BCUT2D eigenvalue weighted by molar-refractivity contribution is 6.20. The third kappa shape index (κ3) is 4.46. The minimum Gasteiger partial charge on any atom is -0.309 e. The first-order valence-corrected chi connectivity index (χ1v) is 7.82. The van der Waals surface area contributed by atoms with Crippen molar-refractivity contribution in [2.24, 2.45) is 11.0 Å². The molecule has 1 heterocycles. The fourth-order valence-electron chi connectivity index (χ4n) is 2.84. The quantitative estimate of drug-likeness (QED) is 0.475. The molecule has 0 aromatic rings. The zero-order valence-corrected chi connectivity index (χ0v) is 12.4. The Balaban J connectivity index is 1.78. The summed E-state index contributed by atoms with van der Waals surface area (Å²) in [6.45, 7) is 3.03. The fraction of sp³-hybridized carbons (Fsp3) is 0.857. The van der Waals surface area contributed by atoms with Gasteiger partial charge in [0.15, 0.2) is 0 Å². The number of carbonyl (C=O) groups is 1. The van der Waals surface area contributed by atoms with Crippen LogP contribution in [0.2, 0.25) is 0 Å². The number of amides is 1. The monoisotopic (exact) mass is 285 g/mol. The molecule has 108 valence electrons. The molecule has 5 heteroatoms. The second-order valence-electron chi connectivity index (χ2n) is 5.68. The summed E-state index contributed by atoms with van der Waals surface area (Å²) in [7, 11) is 0. The van der Waals surface area contributed by atoms with Crippen LogP contribution in [0.25, 0.3) is 0 Å². The second-order valence-corrected chi connectivity index (χ2v) is 6.30. The van der Waals surface area contributed by atoms with Crippen LogP contribution in [0.15, 0.2) is 5.10 Å². The Bertz CT molecular complexity index is 332. The van der Waals surface area contributed by atoms with Gasteiger partial charge in [-0.15, -0.1) is 11.6 Å². The van der Waals surface area contributed by atoms with Gasteiger partial charge in [0.1, 0.15) is 0 Å². The zero-order chi connectivity index (χ0) is 13.7. The van der Waals surface area contributed by atoms with Crippen molar-refractivity contribution < 1.29 is 4.79 Å². The molecule has 1 saturated carbocycles. The Morgan fingerprint density at radius 3 is 2.58 bits per heavy atom. The maximum atomic E-state index is 12.0. The van der Waals surface area contributed by atoms with Crippen LogP contribution in [0.4, 0.5) is 0 Å². The molecule has 0 bridgehead atoms. The summed E-state index contributed by atoms with van der Waals surface area (Å²) in [5.41, 5.74) is 3.72. The maximum absolute atomic E-state index is 12.0. The Hall–Kier alpha value is -0.610. The van der Waals surface area contributed by atoms with Crippen LogP contribution in [-0.2, 0) is 4.79 Å². The molecule has 0 aromatic carbocycles. The highest BCUT2D eigenvalue weighted by Crippen LogP contribution is 2.27. The highest BCUT2D eigenvalue weighted by Gasteiger charge is 2.25. The molecule has 1 unspecified atom stereocenters. The summed E-state index contributed by atoms with van der Waals surface area (Å²) in [6, 6.07) is 0.327. The van der Waals surface area contributed by atoms with Gasteiger partial charge < -0.3 is 5.32 Å². The summed E-state index contributed by atoms with van der Waals surface area (Å²) in [4.78, 5) is 12.0. The third-order valence-electron chi connectivity index (χ3n) is 4.18. The van der Waals surface area contributed by atoms with Gasteiger partial charge >= 0.3 is 0 Å². The first-order chi connectivity index (χ1) is 9.16. The predicted molar refractivity (Wildman–Crippen MR) is 78.5 cm³/mol. The van der Waals surface area contributed by atoms with Crippen molar-refractivity contribution in [3.63, 3.8) is 0 Å². The van der Waals surface area contributed by atoms with Crippen LogP contribution in [0, 0.1) is 5.92 Å². The topological polar surface area (TPSA) is 53.5 Å². The van der Waals surface area contributed by atoms with Crippen molar-refractivity contribution in [2.45, 2.75) is 63.3 Å². The lowest BCUT2D eigenvalue weighted by molar-refractivity contribution is -0.125. The molecular weight excluding hydrogens is 262 g/mol. The average molecular weight is 286 g/mol. The van der Waals surface area contributed by atoms with Crippen LogP contribution in [0.3, 0.4) is 0 Å². The molecule has 2 rings (SSSR count). The molecule has 19 heavy (non-hydrogen) atoms. The van der Waals surface area contributed by atoms with Gasteiger partial charge in [-0.1, -0.05) is 6.42 Å². The van der Waals surface area contributed by atoms with Crippen molar-refractivity contribution in [3.05, 3.63) is 0 Å². The SMILES string of the molecule is C/C(=N\NC(=O)C1CCC(Cl)CC1)C1CCCCN1. The fourth-order valence-corrected chi connectivity index (χ4v) is 3.09. The van der Waals surface area contributed by atoms with Crippen molar-refractivity contribution in [3.8, 4) is 0 Å². The normalized spacial score (nSPS) is 32.9. The number of piperidine rings is 1. The molecule has 1 atom stereocenters. The molecule has 1 aliphatic carbocycles. The van der Waals surface area contributed by atoms with E-state index in [1.165, 1.54) is 12.8 Å². The lowest BCUT2D eigenvalue weighted by Crippen LogP contribution is -2.40. The number of rotatable bonds is 3. The summed E-state index contributed by atoms with van der Waals surface area (Å²) in [5, 5.41) is 7.94. The van der Waals surface area contributed by atoms with Crippen LogP contribution in [0.1, 0.15) is 51.9 Å². The average Bonchev–Trinajstić information content (AvgIpc) is 2.46. The molecule has 1 aliphatic heterocycles. The minimum absolute atomic E-state index is 0.0544. The van der Waals surface area contributed by atoms with Gasteiger partial charge in [0.2, 0.25) is 5.91 Å². The number of nitrogens with zero attached hydrogens (tertiary/aromatic N) is 1. The second kappa shape index (κ2) is 7.25. The first kappa shape index (κ1) is 14.8. The Morgan fingerprint density at radius 1 is 1.21 bits per heavy atom. The van der Waals surface area contributed by atoms with Gasteiger partial charge in [0, 0.05) is 17.3 Å². The van der Waals surface area contributed by atoms with Gasteiger partial charge in [-0.25, -0.2) is 5.43 Å². The molecular formula is C14H24ClN3O. The van der Waals surface area contributed by atoms with E-state index in [4.69, 9.17) is 11.6 Å². The molecule has 2 fully saturated rings. The van der Waals surface area contributed by atoms with E-state index < -0.39 is 0 Å². The number of hydrogen-bond donors (Lipinski definition) is 2. The summed E-state index contributed by atoms with van der Waals surface area (Å²) >= 11 is 6.05. The van der Waals surface area contributed by atoms with Gasteiger partial charge in [0.05, 0.1) is 5.71 Å². The van der Waals surface area contributed by atoms with E-state index in [2.05, 4.69) is 15.8 Å². The predicted octanol–water partition coefficient (Wildman–Crippen LogP) is 2.42. The van der Waals surface area contributed by atoms with Crippen molar-refractivity contribution in [2.75, 3.05) is 6.54 Å². The largest absolute Gasteiger partial charge is 0.309 e. The Morgan fingerprint density at radius 2 is 1.95 bits per heavy atom. The Labute approximate surface area is 120 Å². The van der Waals surface area contributed by atoms with Crippen LogP contribution < -0.4 is 10.7 Å². The van der Waals surface area contributed by atoms with E-state index in [9.17, 15) is 4.79 Å². The number of nitrogens with one attached hydrogen (secondary N) is 2. The smallest absolute Gasteiger partial charge is 0.243 e. The molecule has 0 aromatic heterocycles. The lowest BCUT2D eigenvalue weighted by atomic mass is 9.88. The minimum atomic E-state index is 0.0544. The number of hydrazone groups is 1. The van der Waals surface area contributed by atoms with E-state index in [1.54, 1.807) is 0 Å². The van der Waals surface area contributed by atoms with E-state index >= 15 is 0 Å². The molecule has 0 spiro atoms. The standard InChI is InChI=1S/C14H24ClN3O/c1-10(13-4-2-3-9-16-13)17-18-14(19)11-5-7-12(15)8-6-11/h11-13,16H,2-9H2,1H3,(H,18,19)/b17-10+. The number of carbonyl (C=O) groups excluding carboxylic acids is 1. The van der Waals surface area contributed by atoms with E-state index in [1.807, 2.05) is 6.92 Å². The number of alkyl halides is 1. The molecule has 0 radical (unpaired) electrons. The molecule has 2 N–H and O–H groups in total. The van der Waals surface area contributed by atoms with Crippen LogP contribution in [-0.4, -0.2) is 29.6 Å². The summed E-state index contributed by atoms with van der Waals surface area (Å²) in [5.74, 6) is 0.143. The summed E-state index contributed by atoms with van der Waals surface area (Å²) in [6.07, 6.45) is 7.23. The zero-order valence-electron chi connectivity index (χ0n) is 11.6. The van der Waals surface area contributed by atoms with Gasteiger partial charge in [-0.2, -0.15) is 5.10 Å². The third-order valence-corrected chi connectivity index (χ3v) is 4.62. The van der Waals surface area contributed by atoms with E-state index in [0.29, 0.717) is 6.04 Å². The summed E-state index contributed by atoms with van der Waals surface area (Å²) < 4.78 is 0. The maximum Gasteiger partial charge on any atom is 0.243 e. The first-order valence-electron chi connectivity index (χ1n) is 7.38. The molecule has 2 aliphatic rings. The van der Waals surface area contributed by atoms with E-state index in [0.717, 1.165) is 44.4 Å². The van der Waals surface area contributed by atoms with E-state index in [-0.39, 0.29) is 17.2 Å². The van der Waals surface area contributed by atoms with Crippen molar-refractivity contribution in [1.82, 2.24) is 10.7 Å².